The van der Waals surface area contributed by atoms with Gasteiger partial charge < -0.3 is 23.8 Å². The monoisotopic (exact) mass is 477 g/mol. The summed E-state index contributed by atoms with van der Waals surface area (Å²) in [5.41, 5.74) is 5.05. The van der Waals surface area contributed by atoms with Crippen molar-refractivity contribution in [3.8, 4) is 17.0 Å². The Labute approximate surface area is 204 Å². The molecule has 4 heterocycles. The fourth-order valence-electron chi connectivity index (χ4n) is 4.31. The van der Waals surface area contributed by atoms with Crippen molar-refractivity contribution in [3.05, 3.63) is 59.5 Å². The van der Waals surface area contributed by atoms with Crippen LogP contribution in [0, 0.1) is 6.92 Å². The summed E-state index contributed by atoms with van der Waals surface area (Å²) < 4.78 is 7.39. The van der Waals surface area contributed by atoms with Gasteiger partial charge in [-0.05, 0) is 36.8 Å². The summed E-state index contributed by atoms with van der Waals surface area (Å²) in [6, 6.07) is 10.2. The zero-order valence-corrected chi connectivity index (χ0v) is 20.6. The standard InChI is InChI=1S/C25H28ClN7O/c1-17-13-22(34-4)20(26)15-19(17)21-16-33-8-6-18(14-24(33)28-21)31-9-11-32(12-10-31)23-5-7-27-25(29-23)30(2)3/h5-8,13-16H,9-12H2,1-4H3. The van der Waals surface area contributed by atoms with E-state index in [1.807, 2.05) is 56.5 Å². The first kappa shape index (κ1) is 22.3. The molecule has 0 aliphatic carbocycles. The lowest BCUT2D eigenvalue weighted by Crippen LogP contribution is -2.47. The quantitative estimate of drug-likeness (QED) is 0.427. The number of piperazine rings is 1. The van der Waals surface area contributed by atoms with Gasteiger partial charge in [0.15, 0.2) is 0 Å². The number of methoxy groups -OCH3 is 1. The molecule has 176 valence electrons. The second-order valence-corrected chi connectivity index (χ2v) is 9.07. The van der Waals surface area contributed by atoms with Crippen molar-refractivity contribution in [1.29, 1.82) is 0 Å². The minimum absolute atomic E-state index is 0.583. The molecule has 0 saturated carbocycles. The average Bonchev–Trinajstić information content (AvgIpc) is 3.28. The summed E-state index contributed by atoms with van der Waals surface area (Å²) in [7, 11) is 5.54. The molecule has 34 heavy (non-hydrogen) atoms. The van der Waals surface area contributed by atoms with E-state index in [9.17, 15) is 0 Å². The molecule has 1 aliphatic heterocycles. The van der Waals surface area contributed by atoms with Crippen LogP contribution in [0.4, 0.5) is 17.5 Å². The highest BCUT2D eigenvalue weighted by Gasteiger charge is 2.20. The van der Waals surface area contributed by atoms with Gasteiger partial charge in [0.1, 0.15) is 17.2 Å². The van der Waals surface area contributed by atoms with E-state index in [2.05, 4.69) is 42.5 Å². The van der Waals surface area contributed by atoms with Gasteiger partial charge in [-0.15, -0.1) is 0 Å². The van der Waals surface area contributed by atoms with E-state index in [-0.39, 0.29) is 0 Å². The number of hydrogen-bond acceptors (Lipinski definition) is 7. The Kier molecular flexibility index (Phi) is 5.91. The third-order valence-corrected chi connectivity index (χ3v) is 6.51. The molecule has 5 rings (SSSR count). The van der Waals surface area contributed by atoms with Crippen LogP contribution in [0.5, 0.6) is 5.75 Å². The molecular formula is C25H28ClN7O. The average molecular weight is 478 g/mol. The maximum atomic E-state index is 6.38. The lowest BCUT2D eigenvalue weighted by Gasteiger charge is -2.36. The smallest absolute Gasteiger partial charge is 0.226 e. The van der Waals surface area contributed by atoms with Crippen molar-refractivity contribution < 1.29 is 4.74 Å². The molecule has 4 aromatic rings. The number of aryl methyl sites for hydroxylation is 1. The van der Waals surface area contributed by atoms with E-state index in [0.717, 1.165) is 60.4 Å². The molecule has 0 spiro atoms. The van der Waals surface area contributed by atoms with Crippen molar-refractivity contribution in [2.45, 2.75) is 6.92 Å². The number of nitrogens with zero attached hydrogens (tertiary/aromatic N) is 7. The van der Waals surface area contributed by atoms with Gasteiger partial charge >= 0.3 is 0 Å². The summed E-state index contributed by atoms with van der Waals surface area (Å²) in [6.45, 7) is 5.68. The molecule has 8 nitrogen and oxygen atoms in total. The Morgan fingerprint density at radius 3 is 2.50 bits per heavy atom. The molecule has 1 aromatic carbocycles. The minimum atomic E-state index is 0.583. The summed E-state index contributed by atoms with van der Waals surface area (Å²) in [5.74, 6) is 2.38. The molecule has 0 atom stereocenters. The topological polar surface area (TPSA) is 62.0 Å². The zero-order chi connectivity index (χ0) is 23.8. The largest absolute Gasteiger partial charge is 0.495 e. The minimum Gasteiger partial charge on any atom is -0.495 e. The van der Waals surface area contributed by atoms with E-state index in [0.29, 0.717) is 10.8 Å². The van der Waals surface area contributed by atoms with Crippen molar-refractivity contribution in [1.82, 2.24) is 19.4 Å². The SMILES string of the molecule is COc1cc(C)c(-c2cn3ccc(N4CCN(c5ccnc(N(C)C)n5)CC4)cc3n2)cc1Cl. The van der Waals surface area contributed by atoms with Gasteiger partial charge in [-0.1, -0.05) is 11.6 Å². The number of aromatic nitrogens is 4. The zero-order valence-electron chi connectivity index (χ0n) is 19.9. The highest BCUT2D eigenvalue weighted by atomic mass is 35.5. The highest BCUT2D eigenvalue weighted by molar-refractivity contribution is 6.32. The highest BCUT2D eigenvalue weighted by Crippen LogP contribution is 2.33. The number of halogens is 1. The molecule has 1 saturated heterocycles. The maximum Gasteiger partial charge on any atom is 0.226 e. The Balaban J connectivity index is 1.34. The molecular weight excluding hydrogens is 450 g/mol. The van der Waals surface area contributed by atoms with Gasteiger partial charge in [0.25, 0.3) is 0 Å². The number of pyridine rings is 1. The molecule has 1 aliphatic rings. The van der Waals surface area contributed by atoms with Gasteiger partial charge in [-0.2, -0.15) is 4.98 Å². The van der Waals surface area contributed by atoms with Crippen LogP contribution in [0.3, 0.4) is 0 Å². The first-order valence-corrected chi connectivity index (χ1v) is 11.6. The van der Waals surface area contributed by atoms with Crippen molar-refractivity contribution in [3.63, 3.8) is 0 Å². The number of hydrogen-bond donors (Lipinski definition) is 0. The molecule has 0 bridgehead atoms. The molecule has 0 N–H and O–H groups in total. The van der Waals surface area contributed by atoms with Gasteiger partial charge in [-0.3, -0.25) is 0 Å². The van der Waals surface area contributed by atoms with Crippen LogP contribution in [0.2, 0.25) is 5.02 Å². The molecule has 3 aromatic heterocycles. The number of anilines is 3. The van der Waals surface area contributed by atoms with Crippen LogP contribution in [0.1, 0.15) is 5.56 Å². The van der Waals surface area contributed by atoms with Gasteiger partial charge in [0, 0.05) is 76.2 Å². The third kappa shape index (κ3) is 4.21. The lowest BCUT2D eigenvalue weighted by atomic mass is 10.1. The molecule has 0 amide bonds. The van der Waals surface area contributed by atoms with E-state index < -0.39 is 0 Å². The summed E-state index contributed by atoms with van der Waals surface area (Å²) >= 11 is 6.38. The Morgan fingerprint density at radius 2 is 1.76 bits per heavy atom. The molecule has 0 unspecified atom stereocenters. The maximum absolute atomic E-state index is 6.38. The van der Waals surface area contributed by atoms with Crippen LogP contribution in [-0.2, 0) is 0 Å². The van der Waals surface area contributed by atoms with Gasteiger partial charge in [0.2, 0.25) is 5.95 Å². The Hall–Kier alpha value is -3.52. The number of benzene rings is 1. The predicted molar refractivity (Wildman–Crippen MR) is 138 cm³/mol. The van der Waals surface area contributed by atoms with Crippen molar-refractivity contribution >= 4 is 34.7 Å². The molecule has 9 heteroatoms. The summed E-state index contributed by atoms with van der Waals surface area (Å²) in [6.07, 6.45) is 5.94. The van der Waals surface area contributed by atoms with Gasteiger partial charge in [-0.25, -0.2) is 9.97 Å². The first-order chi connectivity index (χ1) is 16.4. The second kappa shape index (κ2) is 9.02. The Bertz CT molecular complexity index is 1330. The van der Waals surface area contributed by atoms with E-state index in [1.165, 1.54) is 5.69 Å². The van der Waals surface area contributed by atoms with Crippen LogP contribution in [-0.4, -0.2) is 66.7 Å². The van der Waals surface area contributed by atoms with E-state index in [1.54, 1.807) is 7.11 Å². The summed E-state index contributed by atoms with van der Waals surface area (Å²) in [5, 5.41) is 0.583. The van der Waals surface area contributed by atoms with E-state index >= 15 is 0 Å². The summed E-state index contributed by atoms with van der Waals surface area (Å²) in [4.78, 5) is 20.5. The van der Waals surface area contributed by atoms with Crippen LogP contribution < -0.4 is 19.4 Å². The number of fused-ring (bicyclic) bond motifs is 1. The van der Waals surface area contributed by atoms with Crippen LogP contribution in [0.15, 0.2) is 48.9 Å². The van der Waals surface area contributed by atoms with Gasteiger partial charge in [0.05, 0.1) is 17.8 Å². The first-order valence-electron chi connectivity index (χ1n) is 11.3. The third-order valence-electron chi connectivity index (χ3n) is 6.22. The molecule has 1 fully saturated rings. The number of rotatable bonds is 5. The second-order valence-electron chi connectivity index (χ2n) is 8.66. The fraction of sp³-hybridized carbons (Fsp3) is 0.320. The Morgan fingerprint density at radius 1 is 1.00 bits per heavy atom. The van der Waals surface area contributed by atoms with Crippen molar-refractivity contribution in [2.75, 3.05) is 62.1 Å². The lowest BCUT2D eigenvalue weighted by molar-refractivity contribution is 0.415. The number of imidazole rings is 1. The van der Waals surface area contributed by atoms with Crippen LogP contribution >= 0.6 is 11.6 Å². The van der Waals surface area contributed by atoms with Crippen LogP contribution in [0.25, 0.3) is 16.9 Å². The molecule has 0 radical (unpaired) electrons. The van der Waals surface area contributed by atoms with Crippen molar-refractivity contribution in [2.24, 2.45) is 0 Å². The number of ether oxygens (including phenoxy) is 1. The fourth-order valence-corrected chi connectivity index (χ4v) is 4.55. The normalized spacial score (nSPS) is 14.0. The van der Waals surface area contributed by atoms with E-state index in [4.69, 9.17) is 21.3 Å². The predicted octanol–water partition coefficient (Wildman–Crippen LogP) is 4.15.